The summed E-state index contributed by atoms with van der Waals surface area (Å²) in [5, 5.41) is 3.77. The van der Waals surface area contributed by atoms with Crippen molar-refractivity contribution in [1.29, 1.82) is 0 Å². The van der Waals surface area contributed by atoms with Gasteiger partial charge in [0.2, 0.25) is 5.91 Å². The van der Waals surface area contributed by atoms with Crippen molar-refractivity contribution in [3.05, 3.63) is 9.98 Å². The van der Waals surface area contributed by atoms with E-state index < -0.39 is 6.04 Å². The van der Waals surface area contributed by atoms with Gasteiger partial charge in [-0.15, -0.1) is 0 Å². The zero-order valence-electron chi connectivity index (χ0n) is 11.7. The second-order valence-corrected chi connectivity index (χ2v) is 8.03. The van der Waals surface area contributed by atoms with Gasteiger partial charge in [-0.25, -0.2) is 4.98 Å². The van der Waals surface area contributed by atoms with Gasteiger partial charge in [0.1, 0.15) is 6.04 Å². The summed E-state index contributed by atoms with van der Waals surface area (Å²) in [5.41, 5.74) is 0. The Morgan fingerprint density at radius 2 is 1.95 bits per heavy atom. The van der Waals surface area contributed by atoms with Crippen LogP contribution in [0, 0.1) is 0 Å². The molecule has 1 unspecified atom stereocenters. The lowest BCUT2D eigenvalue weighted by Crippen LogP contribution is -2.42. The average molecular weight is 372 g/mol. The number of carbonyl (C=O) groups is 2. The highest BCUT2D eigenvalue weighted by atomic mass is 79.9. The summed E-state index contributed by atoms with van der Waals surface area (Å²) in [7, 11) is 0. The normalized spacial score (nSPS) is 24.4. The number of imide groups is 1. The van der Waals surface area contributed by atoms with Crippen LogP contribution in [0.4, 0.5) is 5.13 Å². The van der Waals surface area contributed by atoms with Crippen LogP contribution in [0.25, 0.3) is 0 Å². The fraction of sp³-hybridized carbons (Fsp3) is 0.643. The summed E-state index contributed by atoms with van der Waals surface area (Å²) < 4.78 is 0.905. The topological polar surface area (TPSA) is 62.3 Å². The highest BCUT2D eigenvalue weighted by Gasteiger charge is 2.42. The van der Waals surface area contributed by atoms with Crippen LogP contribution in [0.5, 0.6) is 0 Å². The van der Waals surface area contributed by atoms with E-state index in [1.807, 2.05) is 0 Å². The number of anilines is 1. The summed E-state index contributed by atoms with van der Waals surface area (Å²) in [4.78, 5) is 30.5. The molecule has 1 aliphatic carbocycles. The van der Waals surface area contributed by atoms with Crippen molar-refractivity contribution in [3.8, 4) is 0 Å². The number of aromatic nitrogens is 1. The Kier molecular flexibility index (Phi) is 4.59. The number of thiazole rings is 1. The molecule has 1 N–H and O–H groups in total. The maximum atomic E-state index is 12.5. The quantitative estimate of drug-likeness (QED) is 0.654. The molecular weight excluding hydrogens is 354 g/mol. The minimum Gasteiger partial charge on any atom is -0.349 e. The minimum atomic E-state index is -0.459. The number of nitrogens with one attached hydrogen (secondary N) is 1. The number of hydrogen-bond acceptors (Lipinski definition) is 5. The van der Waals surface area contributed by atoms with Gasteiger partial charge in [-0.1, -0.05) is 37.0 Å². The lowest BCUT2D eigenvalue weighted by atomic mass is 10.1. The summed E-state index contributed by atoms with van der Waals surface area (Å²) in [6.45, 7) is 0. The first-order valence-corrected chi connectivity index (χ1v) is 9.00. The molecule has 1 aromatic heterocycles. The number of likely N-dealkylation sites (tertiary alicyclic amines) is 1. The van der Waals surface area contributed by atoms with Gasteiger partial charge in [-0.05, 0) is 28.8 Å². The van der Waals surface area contributed by atoms with Crippen LogP contribution in [0.3, 0.4) is 0 Å². The van der Waals surface area contributed by atoms with Gasteiger partial charge in [0.05, 0.1) is 16.4 Å². The van der Waals surface area contributed by atoms with Crippen LogP contribution in [-0.2, 0) is 9.59 Å². The van der Waals surface area contributed by atoms with Gasteiger partial charge >= 0.3 is 0 Å². The van der Waals surface area contributed by atoms with E-state index in [0.29, 0.717) is 5.13 Å². The molecule has 0 bridgehead atoms. The van der Waals surface area contributed by atoms with Crippen LogP contribution in [0.2, 0.25) is 0 Å². The van der Waals surface area contributed by atoms with Gasteiger partial charge in [0.15, 0.2) is 5.13 Å². The summed E-state index contributed by atoms with van der Waals surface area (Å²) >= 11 is 4.78. The molecule has 0 radical (unpaired) electrons. The number of amides is 2. The van der Waals surface area contributed by atoms with Crippen molar-refractivity contribution in [2.24, 2.45) is 0 Å². The standard InChI is InChI=1S/C14H18BrN3O2S/c15-11-8-16-14(21-11)17-10-7-12(19)18(13(10)20)9-5-3-1-2-4-6-9/h8-10H,1-7H2,(H,16,17). The predicted molar refractivity (Wildman–Crippen MR) is 85.2 cm³/mol. The van der Waals surface area contributed by atoms with Gasteiger partial charge < -0.3 is 5.32 Å². The molecule has 2 heterocycles. The smallest absolute Gasteiger partial charge is 0.252 e. The van der Waals surface area contributed by atoms with E-state index in [1.165, 1.54) is 29.1 Å². The van der Waals surface area contributed by atoms with E-state index >= 15 is 0 Å². The van der Waals surface area contributed by atoms with Crippen LogP contribution in [0.15, 0.2) is 9.98 Å². The first-order valence-electron chi connectivity index (χ1n) is 7.39. The Balaban J connectivity index is 1.69. The van der Waals surface area contributed by atoms with Crippen LogP contribution in [-0.4, -0.2) is 33.8 Å². The van der Waals surface area contributed by atoms with E-state index in [2.05, 4.69) is 26.2 Å². The van der Waals surface area contributed by atoms with Crippen LogP contribution >= 0.6 is 27.3 Å². The molecule has 1 saturated carbocycles. The number of hydrogen-bond donors (Lipinski definition) is 1. The molecule has 21 heavy (non-hydrogen) atoms. The molecule has 114 valence electrons. The van der Waals surface area contributed by atoms with Crippen molar-refractivity contribution >= 4 is 44.2 Å². The fourth-order valence-corrected chi connectivity index (χ4v) is 4.29. The minimum absolute atomic E-state index is 0.0416. The van der Waals surface area contributed by atoms with Gasteiger partial charge in [0, 0.05) is 6.04 Å². The second kappa shape index (κ2) is 6.44. The Morgan fingerprint density at radius 1 is 1.24 bits per heavy atom. The van der Waals surface area contributed by atoms with Crippen molar-refractivity contribution in [1.82, 2.24) is 9.88 Å². The van der Waals surface area contributed by atoms with E-state index in [1.54, 1.807) is 6.20 Å². The van der Waals surface area contributed by atoms with Gasteiger partial charge in [-0.2, -0.15) is 0 Å². The Bertz CT molecular complexity index is 540. The SMILES string of the molecule is O=C1CC(Nc2ncc(Br)s2)C(=O)N1C1CCCCCC1. The largest absolute Gasteiger partial charge is 0.349 e. The number of nitrogens with zero attached hydrogens (tertiary/aromatic N) is 2. The third kappa shape index (κ3) is 3.29. The Hall–Kier alpha value is -0.950. The average Bonchev–Trinajstić information content (AvgIpc) is 2.84. The molecule has 1 aliphatic heterocycles. The van der Waals surface area contributed by atoms with Crippen molar-refractivity contribution in [2.45, 2.75) is 57.0 Å². The third-order valence-electron chi connectivity index (χ3n) is 4.15. The highest BCUT2D eigenvalue weighted by Crippen LogP contribution is 2.29. The van der Waals surface area contributed by atoms with E-state index in [4.69, 9.17) is 0 Å². The molecule has 1 atom stereocenters. The molecule has 7 heteroatoms. The predicted octanol–water partition coefficient (Wildman–Crippen LogP) is 3.17. The lowest BCUT2D eigenvalue weighted by Gasteiger charge is -2.25. The Morgan fingerprint density at radius 3 is 2.57 bits per heavy atom. The van der Waals surface area contributed by atoms with Gasteiger partial charge in [-0.3, -0.25) is 14.5 Å². The van der Waals surface area contributed by atoms with Gasteiger partial charge in [0.25, 0.3) is 5.91 Å². The van der Waals surface area contributed by atoms with E-state index in [9.17, 15) is 9.59 Å². The first kappa shape index (κ1) is 15.0. The molecule has 3 rings (SSSR count). The molecule has 1 aromatic rings. The third-order valence-corrected chi connectivity index (χ3v) is 5.56. The van der Waals surface area contributed by atoms with Crippen molar-refractivity contribution in [2.75, 3.05) is 5.32 Å². The highest BCUT2D eigenvalue weighted by molar-refractivity contribution is 9.11. The molecule has 2 amide bonds. The van der Waals surface area contributed by atoms with Crippen molar-refractivity contribution in [3.63, 3.8) is 0 Å². The summed E-state index contributed by atoms with van der Waals surface area (Å²) in [6, 6.07) is -0.360. The molecule has 1 saturated heterocycles. The zero-order chi connectivity index (χ0) is 14.8. The molecular formula is C14H18BrN3O2S. The molecule has 5 nitrogen and oxygen atoms in total. The Labute approximate surface area is 136 Å². The second-order valence-electron chi connectivity index (χ2n) is 5.62. The first-order chi connectivity index (χ1) is 10.1. The fourth-order valence-electron chi connectivity index (χ4n) is 3.13. The van der Waals surface area contributed by atoms with Crippen LogP contribution < -0.4 is 5.32 Å². The zero-order valence-corrected chi connectivity index (χ0v) is 14.1. The number of carbonyl (C=O) groups excluding carboxylic acids is 2. The molecule has 2 fully saturated rings. The molecule has 0 spiro atoms. The van der Waals surface area contributed by atoms with E-state index in [0.717, 1.165) is 29.5 Å². The number of rotatable bonds is 3. The summed E-state index contributed by atoms with van der Waals surface area (Å²) in [6.07, 6.45) is 8.48. The molecule has 2 aliphatic rings. The summed E-state index contributed by atoms with van der Waals surface area (Å²) in [5.74, 6) is -0.127. The van der Waals surface area contributed by atoms with Crippen molar-refractivity contribution < 1.29 is 9.59 Å². The van der Waals surface area contributed by atoms with Crippen LogP contribution in [0.1, 0.15) is 44.9 Å². The monoisotopic (exact) mass is 371 g/mol. The lowest BCUT2D eigenvalue weighted by molar-refractivity contribution is -0.141. The van der Waals surface area contributed by atoms with E-state index in [-0.39, 0.29) is 24.3 Å². The molecule has 0 aromatic carbocycles. The maximum absolute atomic E-state index is 12.5. The number of halogens is 1. The maximum Gasteiger partial charge on any atom is 0.252 e.